The first kappa shape index (κ1) is 89.5. The lowest BCUT2D eigenvalue weighted by Crippen LogP contribution is -2.68. The summed E-state index contributed by atoms with van der Waals surface area (Å²) in [5, 5.41) is 23.5. The van der Waals surface area contributed by atoms with Gasteiger partial charge in [0, 0.05) is 105 Å². The molecule has 0 spiro atoms. The number of ether oxygens (including phenoxy) is 3. The number of halogens is 12. The largest absolute Gasteiger partial charge is 0.493 e. The zero-order valence-corrected chi connectivity index (χ0v) is 64.6. The Morgan fingerprint density at radius 1 is 0.566 bits per heavy atom. The van der Waals surface area contributed by atoms with Gasteiger partial charge >= 0.3 is 24.7 Å². The highest BCUT2D eigenvalue weighted by Gasteiger charge is 2.59. The maximum absolute atomic E-state index is 15.0. The molecule has 4 aliphatic heterocycles. The van der Waals surface area contributed by atoms with Gasteiger partial charge in [-0.05, 0) is 145 Å². The first-order chi connectivity index (χ1) is 52.9. The molecule has 4 aliphatic rings. The summed E-state index contributed by atoms with van der Waals surface area (Å²) >= 11 is 0.754. The minimum atomic E-state index is -4.92. The van der Waals surface area contributed by atoms with Crippen LogP contribution in [0.4, 0.5) is 52.7 Å². The molecule has 0 radical (unpaired) electrons. The molecule has 8 heterocycles. The lowest BCUT2D eigenvalue weighted by molar-refractivity contribution is -0.161. The molecule has 2 aromatic carbocycles. The van der Waals surface area contributed by atoms with E-state index in [4.69, 9.17) is 14.2 Å². The number of aromatic nitrogens is 2. The van der Waals surface area contributed by atoms with Gasteiger partial charge in [0.15, 0.2) is 0 Å². The Labute approximate surface area is 658 Å². The van der Waals surface area contributed by atoms with E-state index in [9.17, 15) is 87.2 Å². The van der Waals surface area contributed by atoms with Crippen LogP contribution in [0.5, 0.6) is 17.2 Å². The quantitative estimate of drug-likeness (QED) is 0.0365. The number of thiophene rings is 2. The molecule has 31 heteroatoms. The summed E-state index contributed by atoms with van der Waals surface area (Å²) in [7, 11) is 0. The van der Waals surface area contributed by atoms with Crippen LogP contribution in [0.15, 0.2) is 108 Å². The van der Waals surface area contributed by atoms with Gasteiger partial charge in [0.1, 0.15) is 50.0 Å². The number of aryl methyl sites for hydroxylation is 1. The number of nitriles is 2. The predicted octanol–water partition coefficient (Wildman–Crippen LogP) is 18.9. The van der Waals surface area contributed by atoms with Crippen LogP contribution in [0, 0.1) is 34.5 Å². The third-order valence-corrected chi connectivity index (χ3v) is 23.6. The van der Waals surface area contributed by atoms with Crippen molar-refractivity contribution >= 4 is 57.9 Å². The van der Waals surface area contributed by atoms with Crippen molar-refractivity contribution in [3.63, 3.8) is 0 Å². The number of unbranched alkanes of at least 4 members (excludes halogenated alkanes) is 1. The number of rotatable bonds is 26. The van der Waals surface area contributed by atoms with Crippen LogP contribution in [0.3, 0.4) is 0 Å². The van der Waals surface area contributed by atoms with Crippen molar-refractivity contribution in [3.8, 4) is 29.4 Å². The van der Waals surface area contributed by atoms with Crippen molar-refractivity contribution in [2.24, 2.45) is 11.8 Å². The lowest BCUT2D eigenvalue weighted by atomic mass is 9.71. The van der Waals surface area contributed by atoms with E-state index in [0.29, 0.717) is 85.5 Å². The second kappa shape index (κ2) is 37.5. The highest BCUT2D eigenvalue weighted by atomic mass is 32.1. The van der Waals surface area contributed by atoms with E-state index in [-0.39, 0.29) is 146 Å². The number of alkyl halides is 12. The number of hydrogen-bond acceptors (Lipinski definition) is 15. The lowest BCUT2D eigenvalue weighted by Gasteiger charge is -2.51. The number of benzene rings is 2. The third kappa shape index (κ3) is 20.3. The van der Waals surface area contributed by atoms with Crippen LogP contribution in [-0.4, -0.2) is 134 Å². The standard InChI is InChI=1S/C42H48F6N4O5S.C39H42F6N4O4S.CH4/c1-5-11-34-40(57-29-24-35(58-25-29)42(46,47)48,16-10-20-52(34)37(54)36-32(41(43,44)45)14-8-19-50-36)38(55)51-21-17-39(26-49,18-22-51)31-13-6-7-15-33(31)56-23-9-12-30(27(2)3)28(4)53;1-3-10-31-37(53-28-23-32(54-24-28)39(43,44)45,16-9-20-49(31)34(51)33-30(38(40,41)42)15-8-19-47-33)35(52)48-21-17-36(25-46,18-22-48)29-14-7-6-13-27(29)12-5-4-11-26(2)50;/h6-8,13-15,19,24-25,27,30,34H,5,9-12,16-18,20-23H2,1-4H3;6-8,13-15,19,23-24,31H,3-5,9-12,16-18,20-22H2,1-2H3;1H4/t30-,34+,40-;31-,37+;/m01./s1. The monoisotopic (exact) mass is 1630 g/mol. The van der Waals surface area contributed by atoms with Crippen molar-refractivity contribution in [2.45, 2.75) is 223 Å². The second-order valence-electron chi connectivity index (χ2n) is 29.4. The van der Waals surface area contributed by atoms with Gasteiger partial charge in [-0.1, -0.05) is 90.4 Å². The van der Waals surface area contributed by atoms with E-state index >= 15 is 4.79 Å². The van der Waals surface area contributed by atoms with Crippen LogP contribution in [-0.2, 0) is 61.1 Å². The van der Waals surface area contributed by atoms with Gasteiger partial charge < -0.3 is 38.6 Å². The fraction of sp³-hybridized carbons (Fsp3) is 0.537. The summed E-state index contributed by atoms with van der Waals surface area (Å²) in [6.07, 6.45) is -11.4. The van der Waals surface area contributed by atoms with E-state index < -0.39 is 115 Å². The highest BCUT2D eigenvalue weighted by molar-refractivity contribution is 7.10. The normalized spacial score (nSPS) is 20.2. The minimum absolute atomic E-state index is 0. The van der Waals surface area contributed by atoms with Gasteiger partial charge in [-0.2, -0.15) is 63.2 Å². The van der Waals surface area contributed by atoms with Crippen LogP contribution in [0.25, 0.3) is 0 Å². The fourth-order valence-corrected chi connectivity index (χ4v) is 17.5. The molecule has 0 bridgehead atoms. The second-order valence-corrected chi connectivity index (χ2v) is 31.2. The maximum Gasteiger partial charge on any atom is 0.425 e. The van der Waals surface area contributed by atoms with E-state index in [0.717, 1.165) is 86.9 Å². The molecule has 612 valence electrons. The summed E-state index contributed by atoms with van der Waals surface area (Å²) in [5.41, 5.74) is -7.74. The topological polar surface area (TPSA) is 216 Å². The van der Waals surface area contributed by atoms with E-state index in [1.165, 1.54) is 9.80 Å². The molecule has 0 N–H and O–H groups in total. The Kier molecular flexibility index (Phi) is 29.6. The Morgan fingerprint density at radius 2 is 1.00 bits per heavy atom. The van der Waals surface area contributed by atoms with Crippen molar-refractivity contribution in [2.75, 3.05) is 45.9 Å². The van der Waals surface area contributed by atoms with Crippen molar-refractivity contribution in [1.29, 1.82) is 10.5 Å². The molecule has 0 unspecified atom stereocenters. The molecule has 0 aliphatic carbocycles. The molecule has 0 saturated carbocycles. The average molecular weight is 1630 g/mol. The molecule has 4 aromatic heterocycles. The first-order valence-corrected chi connectivity index (χ1v) is 39.3. The molecule has 113 heavy (non-hydrogen) atoms. The minimum Gasteiger partial charge on any atom is -0.493 e. The Balaban J connectivity index is 0.000000281. The molecule has 5 atom stereocenters. The number of carbonyl (C=O) groups is 6. The number of likely N-dealkylation sites (tertiary alicyclic amines) is 4. The molecular weight excluding hydrogens is 1530 g/mol. The molecule has 4 saturated heterocycles. The first-order valence-electron chi connectivity index (χ1n) is 37.5. The van der Waals surface area contributed by atoms with Gasteiger partial charge in [-0.3, -0.25) is 33.9 Å². The SMILES string of the molecule is C.CCC[C@H]1N(C(=O)c2ncccc2C(F)(F)F)CCC[C@@]1(Oc1csc(C(F)(F)F)c1)C(=O)N1CCC(C#N)(c2ccccc2CCCCC(C)=O)CC1.CCC[C@H]1N(C(=O)c2ncccc2C(F)(F)F)CCC[C@@]1(Oc1csc(C(F)(F)F)c1)C(=O)N1CCC(C#N)(c2ccccc2OCCC[C@H](C(C)=O)C(C)C)CC1. The zero-order valence-electron chi connectivity index (χ0n) is 63.0. The number of hydrogen-bond donors (Lipinski definition) is 0. The number of ketones is 2. The number of amides is 4. The molecule has 17 nitrogen and oxygen atoms in total. The number of para-hydroxylation sites is 1. The van der Waals surface area contributed by atoms with Crippen LogP contribution >= 0.6 is 22.7 Å². The molecule has 4 amide bonds. The van der Waals surface area contributed by atoms with Crippen LogP contribution in [0.1, 0.15) is 217 Å². The fourth-order valence-electron chi connectivity index (χ4n) is 16.1. The molecule has 4 fully saturated rings. The smallest absolute Gasteiger partial charge is 0.425 e. The Bertz CT molecular complexity index is 4380. The number of pyridine rings is 2. The van der Waals surface area contributed by atoms with Crippen molar-refractivity contribution < 1.29 is 95.7 Å². The Morgan fingerprint density at radius 3 is 1.40 bits per heavy atom. The summed E-state index contributed by atoms with van der Waals surface area (Å²) in [4.78, 5) is 92.7. The van der Waals surface area contributed by atoms with Gasteiger partial charge in [0.25, 0.3) is 23.6 Å². The molecular formula is C82H94F12N8O9S2. The number of piperidine rings is 4. The summed E-state index contributed by atoms with van der Waals surface area (Å²) in [6.45, 7) is 11.1. The summed E-state index contributed by atoms with van der Waals surface area (Å²) < 4.78 is 186. The van der Waals surface area contributed by atoms with Crippen molar-refractivity contribution in [3.05, 3.63) is 157 Å². The van der Waals surface area contributed by atoms with Gasteiger partial charge in [0.2, 0.25) is 11.2 Å². The third-order valence-electron chi connectivity index (χ3n) is 21.7. The van der Waals surface area contributed by atoms with Gasteiger partial charge in [0.05, 0.1) is 52.8 Å². The van der Waals surface area contributed by atoms with E-state index in [1.807, 2.05) is 38.1 Å². The molecule has 6 aromatic rings. The summed E-state index contributed by atoms with van der Waals surface area (Å²) in [6, 6.07) is 22.5. The molecule has 10 rings (SSSR count). The van der Waals surface area contributed by atoms with E-state index in [1.54, 1.807) is 52.0 Å². The van der Waals surface area contributed by atoms with Gasteiger partial charge in [-0.25, -0.2) is 0 Å². The number of Topliss-reactive ketones (excluding diaryl/α,β-unsaturated/α-hetero) is 2. The van der Waals surface area contributed by atoms with Crippen LogP contribution in [0.2, 0.25) is 0 Å². The predicted molar refractivity (Wildman–Crippen MR) is 400 cm³/mol. The highest BCUT2D eigenvalue weighted by Crippen LogP contribution is 2.49. The van der Waals surface area contributed by atoms with Crippen LogP contribution < -0.4 is 14.2 Å². The maximum atomic E-state index is 15.0. The zero-order chi connectivity index (χ0) is 81.8. The number of carbonyl (C=O) groups excluding carboxylic acids is 6. The average Bonchev–Trinajstić information content (AvgIpc) is 1.64. The van der Waals surface area contributed by atoms with Gasteiger partial charge in [-0.15, -0.1) is 22.7 Å². The summed E-state index contributed by atoms with van der Waals surface area (Å²) in [5.74, 6) is -3.08. The Hall–Kier alpha value is -9.10. The van der Waals surface area contributed by atoms with E-state index in [2.05, 4.69) is 22.1 Å². The number of nitrogens with zero attached hydrogens (tertiary/aromatic N) is 8. The van der Waals surface area contributed by atoms with Crippen molar-refractivity contribution in [1.82, 2.24) is 29.6 Å².